The number of aromatic nitrogens is 4. The maximum atomic E-state index is 12.3. The van der Waals surface area contributed by atoms with Crippen molar-refractivity contribution < 1.29 is 23.1 Å². The Balaban J connectivity index is 1.31. The minimum atomic E-state index is -0.519. The first-order valence-electron chi connectivity index (χ1n) is 9.33. The second-order valence-electron chi connectivity index (χ2n) is 6.63. The van der Waals surface area contributed by atoms with Crippen LogP contribution in [0.15, 0.2) is 50.1 Å². The molecule has 0 radical (unpaired) electrons. The molecule has 3 heterocycles. The van der Waals surface area contributed by atoms with Crippen LogP contribution < -0.4 is 10.6 Å². The van der Waals surface area contributed by atoms with Gasteiger partial charge in [-0.2, -0.15) is 9.97 Å². The van der Waals surface area contributed by atoms with Gasteiger partial charge in [-0.3, -0.25) is 14.9 Å². The number of benzene rings is 1. The third kappa shape index (κ3) is 4.66. The van der Waals surface area contributed by atoms with Gasteiger partial charge >= 0.3 is 6.01 Å². The third-order valence-electron chi connectivity index (χ3n) is 4.40. The van der Waals surface area contributed by atoms with E-state index in [1.54, 1.807) is 13.8 Å². The van der Waals surface area contributed by atoms with Crippen LogP contribution in [0.2, 0.25) is 0 Å². The Morgan fingerprint density at radius 1 is 1.03 bits per heavy atom. The van der Waals surface area contributed by atoms with E-state index in [1.165, 1.54) is 0 Å². The van der Waals surface area contributed by atoms with Crippen LogP contribution in [-0.4, -0.2) is 32.1 Å². The predicted octanol–water partition coefficient (Wildman–Crippen LogP) is 2.44. The highest BCUT2D eigenvalue weighted by molar-refractivity contribution is 5.94. The lowest BCUT2D eigenvalue weighted by atomic mass is 10.1. The van der Waals surface area contributed by atoms with Gasteiger partial charge in [0.1, 0.15) is 12.0 Å². The maximum Gasteiger partial charge on any atom is 0.302 e. The summed E-state index contributed by atoms with van der Waals surface area (Å²) >= 11 is 0. The van der Waals surface area contributed by atoms with Crippen molar-refractivity contribution in [3.05, 3.63) is 65.2 Å². The Hall–Kier alpha value is -4.28. The summed E-state index contributed by atoms with van der Waals surface area (Å²) in [6, 6.07) is 9.22. The second kappa shape index (κ2) is 8.61. The van der Waals surface area contributed by atoms with Crippen LogP contribution >= 0.6 is 0 Å². The predicted molar refractivity (Wildman–Crippen MR) is 106 cm³/mol. The molecule has 0 saturated carbocycles. The molecule has 11 heteroatoms. The summed E-state index contributed by atoms with van der Waals surface area (Å²) in [5, 5.41) is 12.8. The van der Waals surface area contributed by atoms with Crippen molar-refractivity contribution in [2.24, 2.45) is 0 Å². The highest BCUT2D eigenvalue weighted by Crippen LogP contribution is 2.16. The maximum absolute atomic E-state index is 12.3. The van der Waals surface area contributed by atoms with Gasteiger partial charge in [0.05, 0.1) is 18.7 Å². The Labute approximate surface area is 175 Å². The normalized spacial score (nSPS) is 10.8. The zero-order valence-corrected chi connectivity index (χ0v) is 16.7. The van der Waals surface area contributed by atoms with E-state index in [1.807, 2.05) is 30.3 Å². The number of carbonyl (C=O) groups is 2. The number of amides is 2. The second-order valence-corrected chi connectivity index (χ2v) is 6.63. The van der Waals surface area contributed by atoms with Gasteiger partial charge in [-0.05, 0) is 13.8 Å². The average Bonchev–Trinajstić information content (AvgIpc) is 3.50. The molecule has 2 N–H and O–H groups in total. The lowest BCUT2D eigenvalue weighted by molar-refractivity contribution is -0.115. The van der Waals surface area contributed by atoms with Crippen molar-refractivity contribution in [2.45, 2.75) is 26.8 Å². The van der Waals surface area contributed by atoms with E-state index in [0.717, 1.165) is 11.8 Å². The van der Waals surface area contributed by atoms with Gasteiger partial charge in [0.25, 0.3) is 5.91 Å². The molecule has 0 aliphatic heterocycles. The minimum Gasteiger partial charge on any atom is -0.431 e. The van der Waals surface area contributed by atoms with E-state index in [0.29, 0.717) is 22.8 Å². The number of hydrogen-bond donors (Lipinski definition) is 2. The molecule has 1 aromatic carbocycles. The van der Waals surface area contributed by atoms with Crippen LogP contribution in [0.4, 0.5) is 6.01 Å². The molecule has 0 bridgehead atoms. The fourth-order valence-electron chi connectivity index (χ4n) is 2.79. The van der Waals surface area contributed by atoms with Crippen LogP contribution in [0.1, 0.15) is 33.4 Å². The number of aryl methyl sites for hydroxylation is 2. The Morgan fingerprint density at radius 3 is 2.58 bits per heavy atom. The molecule has 158 valence electrons. The number of anilines is 1. The van der Waals surface area contributed by atoms with Crippen LogP contribution in [0, 0.1) is 13.8 Å². The largest absolute Gasteiger partial charge is 0.431 e. The quantitative estimate of drug-likeness (QED) is 0.458. The number of oxazole rings is 1. The van der Waals surface area contributed by atoms with E-state index in [9.17, 15) is 9.59 Å². The van der Waals surface area contributed by atoms with Crippen LogP contribution in [0.3, 0.4) is 0 Å². The standard InChI is InChI=1S/C20H18N6O5/c1-11-14(12(2)30-25-11)8-16(27)23-20-22-15(10-29-20)19(28)21-9-17-24-18(26-31-17)13-6-4-3-5-7-13/h3-7,10H,8-9H2,1-2H3,(H,21,28)(H,22,23,27). The number of nitrogens with one attached hydrogen (secondary N) is 2. The first-order valence-corrected chi connectivity index (χ1v) is 9.33. The van der Waals surface area contributed by atoms with Crippen molar-refractivity contribution >= 4 is 17.8 Å². The summed E-state index contributed by atoms with van der Waals surface area (Å²) in [5.41, 5.74) is 2.13. The number of carbonyl (C=O) groups excluding carboxylic acids is 2. The summed E-state index contributed by atoms with van der Waals surface area (Å²) < 4.78 is 15.3. The fraction of sp³-hybridized carbons (Fsp3) is 0.200. The molecule has 0 atom stereocenters. The van der Waals surface area contributed by atoms with Gasteiger partial charge in [0.2, 0.25) is 17.6 Å². The molecular weight excluding hydrogens is 404 g/mol. The lowest BCUT2D eigenvalue weighted by Crippen LogP contribution is -2.23. The topological polar surface area (TPSA) is 149 Å². The summed E-state index contributed by atoms with van der Waals surface area (Å²) in [6.07, 6.45) is 1.19. The van der Waals surface area contributed by atoms with Gasteiger partial charge in [-0.25, -0.2) is 0 Å². The van der Waals surface area contributed by atoms with Crippen LogP contribution in [0.5, 0.6) is 0 Å². The molecule has 3 aromatic heterocycles. The highest BCUT2D eigenvalue weighted by Gasteiger charge is 2.18. The third-order valence-corrected chi connectivity index (χ3v) is 4.40. The first-order chi connectivity index (χ1) is 15.0. The molecule has 4 aromatic rings. The van der Waals surface area contributed by atoms with Crippen molar-refractivity contribution in [3.8, 4) is 11.4 Å². The lowest BCUT2D eigenvalue weighted by Gasteiger charge is -2.00. The van der Waals surface area contributed by atoms with Crippen molar-refractivity contribution in [2.75, 3.05) is 5.32 Å². The molecule has 0 aliphatic carbocycles. The summed E-state index contributed by atoms with van der Waals surface area (Å²) in [4.78, 5) is 32.7. The van der Waals surface area contributed by atoms with Gasteiger partial charge in [0, 0.05) is 11.1 Å². The van der Waals surface area contributed by atoms with Crippen molar-refractivity contribution in [1.82, 2.24) is 25.6 Å². The number of nitrogens with zero attached hydrogens (tertiary/aromatic N) is 4. The fourth-order valence-corrected chi connectivity index (χ4v) is 2.79. The SMILES string of the molecule is Cc1noc(C)c1CC(=O)Nc1nc(C(=O)NCc2nc(-c3ccccc3)no2)co1. The monoisotopic (exact) mass is 422 g/mol. The molecule has 0 saturated heterocycles. The van der Waals surface area contributed by atoms with Gasteiger partial charge < -0.3 is 18.8 Å². The van der Waals surface area contributed by atoms with E-state index in [-0.39, 0.29) is 36.5 Å². The summed E-state index contributed by atoms with van der Waals surface area (Å²) in [6.45, 7) is 3.49. The van der Waals surface area contributed by atoms with Crippen LogP contribution in [0.25, 0.3) is 11.4 Å². The molecule has 0 spiro atoms. The molecule has 0 aliphatic rings. The Bertz CT molecular complexity index is 1190. The van der Waals surface area contributed by atoms with E-state index < -0.39 is 5.91 Å². The van der Waals surface area contributed by atoms with Gasteiger partial charge in [0.15, 0.2) is 5.69 Å². The van der Waals surface area contributed by atoms with Gasteiger partial charge in [-0.1, -0.05) is 40.6 Å². The van der Waals surface area contributed by atoms with Crippen LogP contribution in [-0.2, 0) is 17.8 Å². The zero-order valence-electron chi connectivity index (χ0n) is 16.7. The smallest absolute Gasteiger partial charge is 0.302 e. The summed E-state index contributed by atoms with van der Waals surface area (Å²) in [5.74, 6) is 0.340. The van der Waals surface area contributed by atoms with E-state index >= 15 is 0 Å². The molecular formula is C20H18N6O5. The van der Waals surface area contributed by atoms with Crippen molar-refractivity contribution in [3.63, 3.8) is 0 Å². The van der Waals surface area contributed by atoms with E-state index in [2.05, 4.69) is 30.9 Å². The molecule has 0 unspecified atom stereocenters. The minimum absolute atomic E-state index is 0.00422. The number of rotatable bonds is 7. The Kier molecular flexibility index (Phi) is 5.56. The molecule has 4 rings (SSSR count). The molecule has 2 amide bonds. The Morgan fingerprint density at radius 2 is 1.84 bits per heavy atom. The molecule has 0 fully saturated rings. The van der Waals surface area contributed by atoms with Crippen molar-refractivity contribution in [1.29, 1.82) is 0 Å². The average molecular weight is 422 g/mol. The first kappa shape index (κ1) is 20.0. The van der Waals surface area contributed by atoms with Gasteiger partial charge in [-0.15, -0.1) is 0 Å². The summed E-state index contributed by atoms with van der Waals surface area (Å²) in [7, 11) is 0. The molecule has 31 heavy (non-hydrogen) atoms. The zero-order chi connectivity index (χ0) is 21.8. The molecule has 11 nitrogen and oxygen atoms in total. The van der Waals surface area contributed by atoms with E-state index in [4.69, 9.17) is 13.5 Å². The highest BCUT2D eigenvalue weighted by atomic mass is 16.5. The number of hydrogen-bond acceptors (Lipinski definition) is 9.